The number of nitriles is 1. The van der Waals surface area contributed by atoms with Crippen molar-refractivity contribution < 1.29 is 4.39 Å². The Balaban J connectivity index is 2.11. The lowest BCUT2D eigenvalue weighted by molar-refractivity contribution is 0.433. The maximum Gasteiger partial charge on any atom is 0.126 e. The predicted molar refractivity (Wildman–Crippen MR) is 60.3 cm³/mol. The van der Waals surface area contributed by atoms with Gasteiger partial charge < -0.3 is 0 Å². The Morgan fingerprint density at radius 1 is 1.50 bits per heavy atom. The molecule has 0 aromatic heterocycles. The van der Waals surface area contributed by atoms with Crippen molar-refractivity contribution in [1.82, 2.24) is 5.32 Å². The summed E-state index contributed by atoms with van der Waals surface area (Å²) in [6.45, 7) is 1.83. The van der Waals surface area contributed by atoms with E-state index in [1.165, 1.54) is 6.07 Å². The summed E-state index contributed by atoms with van der Waals surface area (Å²) in [5.74, 6) is -0.235. The summed E-state index contributed by atoms with van der Waals surface area (Å²) in [4.78, 5) is 0. The summed E-state index contributed by atoms with van der Waals surface area (Å²) >= 11 is 0. The van der Waals surface area contributed by atoms with Gasteiger partial charge in [-0.1, -0.05) is 18.2 Å². The standard InChI is InChI=1S/C13H15FN2/c1-13(9-15,16-11-6-7-11)8-10-4-2-3-5-12(10)14/h2-5,11,16H,6-8H2,1H3. The molecule has 16 heavy (non-hydrogen) atoms. The van der Waals surface area contributed by atoms with Crippen LogP contribution in [0, 0.1) is 17.1 Å². The third kappa shape index (κ3) is 2.59. The molecule has 1 aromatic carbocycles. The van der Waals surface area contributed by atoms with Crippen LogP contribution in [0.3, 0.4) is 0 Å². The fourth-order valence-electron chi connectivity index (χ4n) is 1.82. The van der Waals surface area contributed by atoms with Gasteiger partial charge in [0.2, 0.25) is 0 Å². The number of hydrogen-bond acceptors (Lipinski definition) is 2. The van der Waals surface area contributed by atoms with Crippen molar-refractivity contribution in [2.24, 2.45) is 0 Å². The normalized spacial score (nSPS) is 18.8. The number of hydrogen-bond donors (Lipinski definition) is 1. The number of nitrogens with zero attached hydrogens (tertiary/aromatic N) is 1. The van der Waals surface area contributed by atoms with E-state index in [9.17, 15) is 9.65 Å². The highest BCUT2D eigenvalue weighted by molar-refractivity contribution is 5.23. The van der Waals surface area contributed by atoms with Crippen LogP contribution < -0.4 is 5.32 Å². The van der Waals surface area contributed by atoms with E-state index in [1.54, 1.807) is 18.2 Å². The number of benzene rings is 1. The highest BCUT2D eigenvalue weighted by Crippen LogP contribution is 2.24. The minimum absolute atomic E-state index is 0.235. The summed E-state index contributed by atoms with van der Waals surface area (Å²) in [6, 6.07) is 9.32. The summed E-state index contributed by atoms with van der Waals surface area (Å²) in [7, 11) is 0. The van der Waals surface area contributed by atoms with Gasteiger partial charge in [-0.25, -0.2) is 4.39 Å². The van der Waals surface area contributed by atoms with Crippen molar-refractivity contribution >= 4 is 0 Å². The second kappa shape index (κ2) is 4.23. The van der Waals surface area contributed by atoms with E-state index in [1.807, 2.05) is 6.92 Å². The Hall–Kier alpha value is -1.40. The molecule has 1 fully saturated rings. The van der Waals surface area contributed by atoms with Crippen molar-refractivity contribution in [1.29, 1.82) is 5.26 Å². The van der Waals surface area contributed by atoms with Crippen molar-refractivity contribution in [3.8, 4) is 6.07 Å². The van der Waals surface area contributed by atoms with Gasteiger partial charge in [0.1, 0.15) is 11.4 Å². The molecule has 0 aliphatic heterocycles. The molecule has 0 radical (unpaired) electrons. The molecule has 2 rings (SSSR count). The Labute approximate surface area is 95.1 Å². The van der Waals surface area contributed by atoms with Gasteiger partial charge in [-0.05, 0) is 31.4 Å². The number of halogens is 1. The predicted octanol–water partition coefficient (Wildman–Crippen LogP) is 2.40. The Morgan fingerprint density at radius 2 is 2.19 bits per heavy atom. The Bertz CT molecular complexity index is 420. The Kier molecular flexibility index (Phi) is 2.93. The van der Waals surface area contributed by atoms with E-state index < -0.39 is 5.54 Å². The van der Waals surface area contributed by atoms with E-state index in [-0.39, 0.29) is 5.82 Å². The van der Waals surface area contributed by atoms with Crippen molar-refractivity contribution in [2.75, 3.05) is 0 Å². The summed E-state index contributed by atoms with van der Waals surface area (Å²) in [5, 5.41) is 12.4. The third-order valence-electron chi connectivity index (χ3n) is 2.85. The van der Waals surface area contributed by atoms with E-state index in [0.29, 0.717) is 18.0 Å². The fraction of sp³-hybridized carbons (Fsp3) is 0.462. The van der Waals surface area contributed by atoms with Crippen LogP contribution in [0.1, 0.15) is 25.3 Å². The zero-order chi connectivity index (χ0) is 11.6. The quantitative estimate of drug-likeness (QED) is 0.842. The molecule has 84 valence electrons. The molecule has 0 spiro atoms. The van der Waals surface area contributed by atoms with Gasteiger partial charge in [-0.15, -0.1) is 0 Å². The molecule has 1 N–H and O–H groups in total. The first kappa shape index (κ1) is 11.1. The summed E-state index contributed by atoms with van der Waals surface area (Å²) in [6.07, 6.45) is 2.65. The largest absolute Gasteiger partial charge is 0.297 e. The van der Waals surface area contributed by atoms with Crippen LogP contribution in [0.15, 0.2) is 24.3 Å². The van der Waals surface area contributed by atoms with Crippen molar-refractivity contribution in [3.63, 3.8) is 0 Å². The van der Waals surface area contributed by atoms with Gasteiger partial charge in [-0.2, -0.15) is 5.26 Å². The lowest BCUT2D eigenvalue weighted by Gasteiger charge is -2.23. The average Bonchev–Trinajstić information content (AvgIpc) is 3.05. The molecule has 0 heterocycles. The summed E-state index contributed by atoms with van der Waals surface area (Å²) in [5.41, 5.74) is -0.0664. The maximum atomic E-state index is 13.5. The minimum Gasteiger partial charge on any atom is -0.297 e. The molecule has 1 atom stereocenters. The lowest BCUT2D eigenvalue weighted by atomic mass is 9.94. The molecule has 3 heteroatoms. The average molecular weight is 218 g/mol. The van der Waals surface area contributed by atoms with Crippen LogP contribution in [-0.2, 0) is 6.42 Å². The first-order valence-electron chi connectivity index (χ1n) is 5.55. The zero-order valence-electron chi connectivity index (χ0n) is 9.33. The monoisotopic (exact) mass is 218 g/mol. The molecule has 0 bridgehead atoms. The van der Waals surface area contributed by atoms with Gasteiger partial charge in [0.25, 0.3) is 0 Å². The van der Waals surface area contributed by atoms with E-state index in [2.05, 4.69) is 11.4 Å². The molecule has 0 saturated heterocycles. The van der Waals surface area contributed by atoms with Crippen molar-refractivity contribution in [3.05, 3.63) is 35.6 Å². The molecular formula is C13H15FN2. The highest BCUT2D eigenvalue weighted by atomic mass is 19.1. The molecule has 1 aliphatic rings. The second-order valence-corrected chi connectivity index (χ2v) is 4.63. The first-order chi connectivity index (χ1) is 7.63. The molecule has 1 aliphatic carbocycles. The van der Waals surface area contributed by atoms with Crippen molar-refractivity contribution in [2.45, 2.75) is 37.8 Å². The van der Waals surface area contributed by atoms with E-state index in [4.69, 9.17) is 0 Å². The molecule has 1 unspecified atom stereocenters. The minimum atomic E-state index is -0.663. The SMILES string of the molecule is CC(C#N)(Cc1ccccc1F)NC1CC1. The van der Waals surface area contributed by atoms with Crippen LogP contribution in [0.2, 0.25) is 0 Å². The summed E-state index contributed by atoms with van der Waals surface area (Å²) < 4.78 is 13.5. The van der Waals surface area contributed by atoms with E-state index in [0.717, 1.165) is 12.8 Å². The molecule has 1 saturated carbocycles. The van der Waals surface area contributed by atoms with Gasteiger partial charge in [0.05, 0.1) is 6.07 Å². The van der Waals surface area contributed by atoms with Crippen LogP contribution in [0.25, 0.3) is 0 Å². The fourth-order valence-corrected chi connectivity index (χ4v) is 1.82. The Morgan fingerprint density at radius 3 is 2.75 bits per heavy atom. The topological polar surface area (TPSA) is 35.8 Å². The highest BCUT2D eigenvalue weighted by Gasteiger charge is 2.33. The van der Waals surface area contributed by atoms with Gasteiger partial charge >= 0.3 is 0 Å². The molecular weight excluding hydrogens is 203 g/mol. The van der Waals surface area contributed by atoms with Crippen LogP contribution >= 0.6 is 0 Å². The maximum absolute atomic E-state index is 13.5. The van der Waals surface area contributed by atoms with Crippen LogP contribution in [0.5, 0.6) is 0 Å². The lowest BCUT2D eigenvalue weighted by Crippen LogP contribution is -2.44. The van der Waals surface area contributed by atoms with E-state index >= 15 is 0 Å². The number of rotatable bonds is 4. The first-order valence-corrected chi connectivity index (χ1v) is 5.55. The number of nitrogens with one attached hydrogen (secondary N) is 1. The third-order valence-corrected chi connectivity index (χ3v) is 2.85. The van der Waals surface area contributed by atoms with Crippen LogP contribution in [0.4, 0.5) is 4.39 Å². The molecule has 1 aromatic rings. The molecule has 2 nitrogen and oxygen atoms in total. The second-order valence-electron chi connectivity index (χ2n) is 4.63. The molecule has 0 amide bonds. The van der Waals surface area contributed by atoms with Gasteiger partial charge in [0, 0.05) is 12.5 Å². The van der Waals surface area contributed by atoms with Gasteiger partial charge in [0.15, 0.2) is 0 Å². The smallest absolute Gasteiger partial charge is 0.126 e. The van der Waals surface area contributed by atoms with Gasteiger partial charge in [-0.3, -0.25) is 5.32 Å². The van der Waals surface area contributed by atoms with Crippen LogP contribution in [-0.4, -0.2) is 11.6 Å². The zero-order valence-corrected chi connectivity index (χ0v) is 9.33.